The molecular weight excluding hydrogens is 336 g/mol. The van der Waals surface area contributed by atoms with Crippen molar-refractivity contribution in [3.8, 4) is 5.75 Å². The summed E-state index contributed by atoms with van der Waals surface area (Å²) in [7, 11) is 0. The zero-order valence-corrected chi connectivity index (χ0v) is 15.2. The largest absolute Gasteiger partial charge is 0.493 e. The molecule has 0 heterocycles. The van der Waals surface area contributed by atoms with Crippen LogP contribution in [0.2, 0.25) is 0 Å². The van der Waals surface area contributed by atoms with Gasteiger partial charge in [-0.15, -0.1) is 0 Å². The highest BCUT2D eigenvalue weighted by Gasteiger charge is 2.42. The lowest BCUT2D eigenvalue weighted by molar-refractivity contribution is -0.146. The number of benzene rings is 1. The van der Waals surface area contributed by atoms with Crippen LogP contribution in [0, 0.1) is 5.92 Å². The van der Waals surface area contributed by atoms with Crippen LogP contribution in [0.1, 0.15) is 49.9 Å². The van der Waals surface area contributed by atoms with Crippen LogP contribution in [-0.2, 0) is 9.59 Å². The van der Waals surface area contributed by atoms with Gasteiger partial charge in [0.15, 0.2) is 0 Å². The molecule has 26 heavy (non-hydrogen) atoms. The zero-order valence-electron chi connectivity index (χ0n) is 15.2. The molecule has 1 saturated carbocycles. The highest BCUT2D eigenvalue weighted by molar-refractivity contribution is 5.98. The molecule has 1 aliphatic rings. The Hall–Kier alpha value is -2.57. The maximum atomic E-state index is 12.3. The molecule has 1 aromatic rings. The van der Waals surface area contributed by atoms with E-state index in [2.05, 4.69) is 10.6 Å². The summed E-state index contributed by atoms with van der Waals surface area (Å²) >= 11 is 0. The number of nitrogens with one attached hydrogen (secondary N) is 2. The molecule has 2 rings (SSSR count). The minimum absolute atomic E-state index is 0.221. The van der Waals surface area contributed by atoms with E-state index in [4.69, 9.17) is 4.74 Å². The van der Waals surface area contributed by atoms with Gasteiger partial charge in [-0.2, -0.15) is 0 Å². The Balaban J connectivity index is 1.96. The van der Waals surface area contributed by atoms with Gasteiger partial charge in [0.2, 0.25) is 5.91 Å². The third-order valence-electron chi connectivity index (χ3n) is 4.77. The van der Waals surface area contributed by atoms with E-state index in [-0.39, 0.29) is 6.54 Å². The number of hydrogen-bond donors (Lipinski definition) is 3. The van der Waals surface area contributed by atoms with Gasteiger partial charge in [-0.1, -0.05) is 25.0 Å². The summed E-state index contributed by atoms with van der Waals surface area (Å²) in [6.45, 7) is 3.79. The molecule has 2 atom stereocenters. The Bertz CT molecular complexity index is 676. The molecule has 7 nitrogen and oxygen atoms in total. The van der Waals surface area contributed by atoms with E-state index in [0.717, 1.165) is 12.8 Å². The lowest BCUT2D eigenvalue weighted by Crippen LogP contribution is -2.57. The van der Waals surface area contributed by atoms with Crippen molar-refractivity contribution in [2.75, 3.05) is 13.2 Å². The Morgan fingerprint density at radius 3 is 2.69 bits per heavy atom. The van der Waals surface area contributed by atoms with Crippen LogP contribution < -0.4 is 15.4 Å². The van der Waals surface area contributed by atoms with E-state index < -0.39 is 29.2 Å². The molecule has 0 spiro atoms. The average molecular weight is 362 g/mol. The molecule has 0 saturated heterocycles. The monoisotopic (exact) mass is 362 g/mol. The molecule has 0 aromatic heterocycles. The first-order valence-corrected chi connectivity index (χ1v) is 8.91. The van der Waals surface area contributed by atoms with Gasteiger partial charge < -0.3 is 20.5 Å². The summed E-state index contributed by atoms with van der Waals surface area (Å²) < 4.78 is 5.42. The SMILES string of the molecule is CCOc1ccccc1C(=O)NCC(=O)NC1(C)CCCCC1C(=O)O. The molecule has 1 aliphatic carbocycles. The summed E-state index contributed by atoms with van der Waals surface area (Å²) in [5.74, 6) is -1.87. The van der Waals surface area contributed by atoms with Crippen molar-refractivity contribution in [2.24, 2.45) is 5.92 Å². The van der Waals surface area contributed by atoms with Crippen LogP contribution in [0.25, 0.3) is 0 Å². The van der Waals surface area contributed by atoms with E-state index in [1.54, 1.807) is 31.2 Å². The van der Waals surface area contributed by atoms with Crippen LogP contribution in [0.15, 0.2) is 24.3 Å². The fourth-order valence-electron chi connectivity index (χ4n) is 3.43. The van der Waals surface area contributed by atoms with Gasteiger partial charge in [0.1, 0.15) is 5.75 Å². The topological polar surface area (TPSA) is 105 Å². The number of carbonyl (C=O) groups is 3. The van der Waals surface area contributed by atoms with Gasteiger partial charge in [0, 0.05) is 0 Å². The number of rotatable bonds is 7. The normalized spacial score (nSPS) is 22.3. The second kappa shape index (κ2) is 8.69. The van der Waals surface area contributed by atoms with Crippen LogP contribution in [0.4, 0.5) is 0 Å². The van der Waals surface area contributed by atoms with Crippen LogP contribution >= 0.6 is 0 Å². The molecule has 142 valence electrons. The molecular formula is C19H26N2O5. The number of amides is 2. The minimum Gasteiger partial charge on any atom is -0.493 e. The summed E-state index contributed by atoms with van der Waals surface area (Å²) in [5.41, 5.74) is -0.441. The number of para-hydroxylation sites is 1. The summed E-state index contributed by atoms with van der Waals surface area (Å²) in [5, 5.41) is 14.8. The molecule has 2 amide bonds. The molecule has 3 N–H and O–H groups in total. The van der Waals surface area contributed by atoms with Crippen LogP contribution in [0.5, 0.6) is 5.75 Å². The Morgan fingerprint density at radius 2 is 2.00 bits per heavy atom. The first kappa shape index (κ1) is 19.8. The van der Waals surface area contributed by atoms with Gasteiger partial charge in [0.05, 0.1) is 30.2 Å². The lowest BCUT2D eigenvalue weighted by Gasteiger charge is -2.39. The van der Waals surface area contributed by atoms with E-state index in [9.17, 15) is 19.5 Å². The first-order valence-electron chi connectivity index (χ1n) is 8.91. The number of carboxylic acids is 1. The first-order chi connectivity index (χ1) is 12.4. The average Bonchev–Trinajstić information content (AvgIpc) is 2.60. The fourth-order valence-corrected chi connectivity index (χ4v) is 3.43. The number of carbonyl (C=O) groups excluding carboxylic acids is 2. The second-order valence-electron chi connectivity index (χ2n) is 6.71. The maximum absolute atomic E-state index is 12.3. The maximum Gasteiger partial charge on any atom is 0.308 e. The van der Waals surface area contributed by atoms with Crippen molar-refractivity contribution in [3.63, 3.8) is 0 Å². The standard InChI is InChI=1S/C19H26N2O5/c1-3-26-15-10-5-4-8-13(15)17(23)20-12-16(22)21-19(2)11-7-6-9-14(19)18(24)25/h4-5,8,10,14H,3,6-7,9,11-12H2,1-2H3,(H,20,23)(H,21,22)(H,24,25). The van der Waals surface area contributed by atoms with E-state index in [0.29, 0.717) is 30.8 Å². The summed E-state index contributed by atoms with van der Waals surface area (Å²) in [4.78, 5) is 36.1. The minimum atomic E-state index is -0.901. The third kappa shape index (κ3) is 4.74. The molecule has 2 unspecified atom stereocenters. The predicted molar refractivity (Wildman–Crippen MR) is 96.1 cm³/mol. The predicted octanol–water partition coefficient (Wildman–Crippen LogP) is 1.96. The van der Waals surface area contributed by atoms with Crippen LogP contribution in [0.3, 0.4) is 0 Å². The smallest absolute Gasteiger partial charge is 0.308 e. The Kier molecular flexibility index (Phi) is 6.60. The van der Waals surface area contributed by atoms with E-state index in [1.165, 1.54) is 0 Å². The number of carboxylic acid groups (broad SMARTS) is 1. The van der Waals surface area contributed by atoms with Crippen LogP contribution in [-0.4, -0.2) is 41.6 Å². The quantitative estimate of drug-likeness (QED) is 0.688. The number of ether oxygens (including phenoxy) is 1. The molecule has 1 aromatic carbocycles. The molecule has 0 aliphatic heterocycles. The van der Waals surface area contributed by atoms with Crippen molar-refractivity contribution < 1.29 is 24.2 Å². The summed E-state index contributed by atoms with van der Waals surface area (Å²) in [6, 6.07) is 6.81. The summed E-state index contributed by atoms with van der Waals surface area (Å²) in [6.07, 6.45) is 2.86. The Morgan fingerprint density at radius 1 is 1.27 bits per heavy atom. The van der Waals surface area contributed by atoms with E-state index >= 15 is 0 Å². The zero-order chi connectivity index (χ0) is 19.2. The van der Waals surface area contributed by atoms with Gasteiger partial charge in [-0.3, -0.25) is 14.4 Å². The lowest BCUT2D eigenvalue weighted by atomic mass is 9.74. The van der Waals surface area contributed by atoms with Crippen molar-refractivity contribution in [1.82, 2.24) is 10.6 Å². The molecule has 1 fully saturated rings. The third-order valence-corrected chi connectivity index (χ3v) is 4.77. The molecule has 7 heteroatoms. The van der Waals surface area contributed by atoms with Crippen molar-refractivity contribution in [3.05, 3.63) is 29.8 Å². The second-order valence-corrected chi connectivity index (χ2v) is 6.71. The highest BCUT2D eigenvalue weighted by Crippen LogP contribution is 2.33. The van der Waals surface area contributed by atoms with Crippen molar-refractivity contribution in [1.29, 1.82) is 0 Å². The molecule has 0 bridgehead atoms. The van der Waals surface area contributed by atoms with E-state index in [1.807, 2.05) is 6.92 Å². The highest BCUT2D eigenvalue weighted by atomic mass is 16.5. The molecule has 0 radical (unpaired) electrons. The number of hydrogen-bond acceptors (Lipinski definition) is 4. The van der Waals surface area contributed by atoms with Gasteiger partial charge in [0.25, 0.3) is 5.91 Å². The van der Waals surface area contributed by atoms with Gasteiger partial charge in [-0.25, -0.2) is 0 Å². The fraction of sp³-hybridized carbons (Fsp3) is 0.526. The van der Waals surface area contributed by atoms with Crippen molar-refractivity contribution >= 4 is 17.8 Å². The van der Waals surface area contributed by atoms with Crippen molar-refractivity contribution in [2.45, 2.75) is 45.1 Å². The van der Waals surface area contributed by atoms with Gasteiger partial charge in [-0.05, 0) is 38.8 Å². The number of aliphatic carboxylic acids is 1. The van der Waals surface area contributed by atoms with Gasteiger partial charge >= 0.3 is 5.97 Å². The Labute approximate surface area is 153 Å².